The first-order valence-electron chi connectivity index (χ1n) is 6.37. The van der Waals surface area contributed by atoms with Gasteiger partial charge in [-0.2, -0.15) is 0 Å². The topological polar surface area (TPSA) is 29.5 Å². The third kappa shape index (κ3) is 2.43. The number of ether oxygens (including phenoxy) is 1. The standard InChI is InChI=1S/C15H21FO2/c1-10-7-11(2)13(12(16)8-10)15(17)5-6-18-14(3,4)9-15/h7-8,17H,5-6,9H2,1-4H3. The van der Waals surface area contributed by atoms with Gasteiger partial charge in [0.05, 0.1) is 17.8 Å². The van der Waals surface area contributed by atoms with Gasteiger partial charge in [-0.05, 0) is 44.9 Å². The van der Waals surface area contributed by atoms with Crippen LogP contribution in [0.2, 0.25) is 0 Å². The molecule has 1 N–H and O–H groups in total. The SMILES string of the molecule is Cc1cc(C)c(C2(O)CCOC(C)(C)C2)c(F)c1. The van der Waals surface area contributed by atoms with Crippen molar-refractivity contribution < 1.29 is 14.2 Å². The minimum absolute atomic E-state index is 0.312. The minimum Gasteiger partial charge on any atom is -0.385 e. The average molecular weight is 252 g/mol. The summed E-state index contributed by atoms with van der Waals surface area (Å²) in [5.41, 5.74) is 0.584. The Morgan fingerprint density at radius 2 is 1.94 bits per heavy atom. The smallest absolute Gasteiger partial charge is 0.129 e. The van der Waals surface area contributed by atoms with Crippen molar-refractivity contribution >= 4 is 0 Å². The maximum atomic E-state index is 14.2. The van der Waals surface area contributed by atoms with Crippen LogP contribution >= 0.6 is 0 Å². The van der Waals surface area contributed by atoms with Crippen molar-refractivity contribution in [2.24, 2.45) is 0 Å². The van der Waals surface area contributed by atoms with Crippen LogP contribution in [-0.2, 0) is 10.3 Å². The maximum Gasteiger partial charge on any atom is 0.129 e. The van der Waals surface area contributed by atoms with Gasteiger partial charge in [0.1, 0.15) is 5.82 Å². The fraction of sp³-hybridized carbons (Fsp3) is 0.600. The van der Waals surface area contributed by atoms with Crippen molar-refractivity contribution in [1.29, 1.82) is 0 Å². The minimum atomic E-state index is -1.12. The summed E-state index contributed by atoms with van der Waals surface area (Å²) in [5.74, 6) is -0.312. The van der Waals surface area contributed by atoms with Gasteiger partial charge < -0.3 is 9.84 Å². The van der Waals surface area contributed by atoms with E-state index in [9.17, 15) is 9.50 Å². The highest BCUT2D eigenvalue weighted by atomic mass is 19.1. The van der Waals surface area contributed by atoms with Crippen LogP contribution in [0.25, 0.3) is 0 Å². The molecule has 0 radical (unpaired) electrons. The molecular formula is C15H21FO2. The average Bonchev–Trinajstić information content (AvgIpc) is 2.11. The maximum absolute atomic E-state index is 14.2. The molecule has 1 saturated heterocycles. The van der Waals surface area contributed by atoms with E-state index in [4.69, 9.17) is 4.74 Å². The van der Waals surface area contributed by atoms with Crippen molar-refractivity contribution in [1.82, 2.24) is 0 Å². The van der Waals surface area contributed by atoms with Gasteiger partial charge >= 0.3 is 0 Å². The lowest BCUT2D eigenvalue weighted by atomic mass is 9.77. The van der Waals surface area contributed by atoms with Crippen molar-refractivity contribution in [2.45, 2.75) is 51.7 Å². The second-order valence-electron chi connectivity index (χ2n) is 6.01. The van der Waals surface area contributed by atoms with E-state index in [1.807, 2.05) is 33.8 Å². The molecule has 0 amide bonds. The molecule has 1 atom stereocenters. The van der Waals surface area contributed by atoms with E-state index in [1.54, 1.807) is 0 Å². The van der Waals surface area contributed by atoms with Gasteiger partial charge in [-0.25, -0.2) is 4.39 Å². The van der Waals surface area contributed by atoms with Crippen LogP contribution in [-0.4, -0.2) is 17.3 Å². The number of halogens is 1. The fourth-order valence-electron chi connectivity index (χ4n) is 3.06. The number of benzene rings is 1. The molecule has 0 aliphatic carbocycles. The zero-order valence-electron chi connectivity index (χ0n) is 11.5. The van der Waals surface area contributed by atoms with Crippen LogP contribution in [0.1, 0.15) is 43.4 Å². The van der Waals surface area contributed by atoms with Crippen molar-refractivity contribution in [3.05, 3.63) is 34.6 Å². The van der Waals surface area contributed by atoms with E-state index in [2.05, 4.69) is 0 Å². The summed E-state index contributed by atoms with van der Waals surface area (Å²) in [6.07, 6.45) is 0.859. The van der Waals surface area contributed by atoms with Crippen LogP contribution in [0, 0.1) is 19.7 Å². The van der Waals surface area contributed by atoms with Crippen molar-refractivity contribution in [2.75, 3.05) is 6.61 Å². The number of hydrogen-bond donors (Lipinski definition) is 1. The molecule has 0 aromatic heterocycles. The van der Waals surface area contributed by atoms with E-state index >= 15 is 0 Å². The van der Waals surface area contributed by atoms with Crippen molar-refractivity contribution in [3.63, 3.8) is 0 Å². The van der Waals surface area contributed by atoms with Crippen LogP contribution in [0.4, 0.5) is 4.39 Å². The molecule has 1 aromatic rings. The Labute approximate surface area is 108 Å². The van der Waals surface area contributed by atoms with Crippen LogP contribution in [0.15, 0.2) is 12.1 Å². The Morgan fingerprint density at radius 1 is 1.28 bits per heavy atom. The van der Waals surface area contributed by atoms with Gasteiger partial charge in [0, 0.05) is 18.4 Å². The molecule has 0 saturated carbocycles. The van der Waals surface area contributed by atoms with Gasteiger partial charge in [-0.1, -0.05) is 6.07 Å². The molecule has 2 nitrogen and oxygen atoms in total. The Hall–Kier alpha value is -0.930. The molecule has 2 rings (SSSR count). The van der Waals surface area contributed by atoms with Gasteiger partial charge in [0.2, 0.25) is 0 Å². The van der Waals surface area contributed by atoms with E-state index in [0.717, 1.165) is 11.1 Å². The molecule has 1 fully saturated rings. The second-order valence-corrected chi connectivity index (χ2v) is 6.01. The first kappa shape index (κ1) is 13.5. The molecule has 1 aromatic carbocycles. The predicted molar refractivity (Wildman–Crippen MR) is 69.0 cm³/mol. The summed E-state index contributed by atoms with van der Waals surface area (Å²) in [5, 5.41) is 10.8. The molecule has 3 heteroatoms. The Bertz CT molecular complexity index is 445. The molecule has 100 valence electrons. The zero-order valence-corrected chi connectivity index (χ0v) is 11.5. The summed E-state index contributed by atoms with van der Waals surface area (Å²) in [7, 11) is 0. The van der Waals surface area contributed by atoms with Crippen LogP contribution in [0.5, 0.6) is 0 Å². The van der Waals surface area contributed by atoms with Gasteiger partial charge in [-0.15, -0.1) is 0 Å². The van der Waals surface area contributed by atoms with Gasteiger partial charge in [-0.3, -0.25) is 0 Å². The Balaban J connectivity index is 2.47. The fourth-order valence-corrected chi connectivity index (χ4v) is 3.06. The predicted octanol–water partition coefficient (Wildman–Crippen LogP) is 3.22. The summed E-state index contributed by atoms with van der Waals surface area (Å²) in [6.45, 7) is 8.02. The van der Waals surface area contributed by atoms with Crippen LogP contribution in [0.3, 0.4) is 0 Å². The lowest BCUT2D eigenvalue weighted by Crippen LogP contribution is -2.44. The largest absolute Gasteiger partial charge is 0.385 e. The van der Waals surface area contributed by atoms with E-state index in [0.29, 0.717) is 25.0 Å². The lowest BCUT2D eigenvalue weighted by Gasteiger charge is -2.42. The van der Waals surface area contributed by atoms with E-state index < -0.39 is 11.2 Å². The first-order valence-corrected chi connectivity index (χ1v) is 6.37. The molecule has 1 unspecified atom stereocenters. The highest BCUT2D eigenvalue weighted by Crippen LogP contribution is 2.41. The monoisotopic (exact) mass is 252 g/mol. The van der Waals surface area contributed by atoms with Crippen molar-refractivity contribution in [3.8, 4) is 0 Å². The third-order valence-corrected chi connectivity index (χ3v) is 3.62. The highest BCUT2D eigenvalue weighted by molar-refractivity contribution is 5.36. The molecule has 1 aliphatic rings. The molecule has 1 heterocycles. The first-order chi connectivity index (χ1) is 8.23. The molecule has 18 heavy (non-hydrogen) atoms. The number of hydrogen-bond acceptors (Lipinski definition) is 2. The number of aryl methyl sites for hydroxylation is 2. The lowest BCUT2D eigenvalue weighted by molar-refractivity contribution is -0.149. The van der Waals surface area contributed by atoms with Gasteiger partial charge in [0.25, 0.3) is 0 Å². The van der Waals surface area contributed by atoms with E-state index in [1.165, 1.54) is 6.07 Å². The Morgan fingerprint density at radius 3 is 2.50 bits per heavy atom. The molecule has 0 bridgehead atoms. The van der Waals surface area contributed by atoms with E-state index in [-0.39, 0.29) is 5.82 Å². The number of rotatable bonds is 1. The molecular weight excluding hydrogens is 231 g/mol. The second kappa shape index (κ2) is 4.32. The highest BCUT2D eigenvalue weighted by Gasteiger charge is 2.42. The summed E-state index contributed by atoms with van der Waals surface area (Å²) in [4.78, 5) is 0. The van der Waals surface area contributed by atoms with Gasteiger partial charge in [0.15, 0.2) is 0 Å². The third-order valence-electron chi connectivity index (χ3n) is 3.62. The summed E-state index contributed by atoms with van der Waals surface area (Å²) in [6, 6.07) is 3.40. The number of aliphatic hydroxyl groups is 1. The summed E-state index contributed by atoms with van der Waals surface area (Å²) < 4.78 is 19.8. The van der Waals surface area contributed by atoms with Crippen LogP contribution < -0.4 is 0 Å². The quantitative estimate of drug-likeness (QED) is 0.831. The zero-order chi connectivity index (χ0) is 13.6. The molecule has 1 aliphatic heterocycles. The summed E-state index contributed by atoms with van der Waals surface area (Å²) >= 11 is 0. The Kier molecular flexibility index (Phi) is 3.24. The normalized spacial score (nSPS) is 27.2. The molecule has 0 spiro atoms.